The molecule has 0 spiro atoms. The highest BCUT2D eigenvalue weighted by Gasteiger charge is 2.37. The second-order valence-corrected chi connectivity index (χ2v) is 5.43. The second kappa shape index (κ2) is 5.25. The quantitative estimate of drug-likeness (QED) is 0.845. The van der Waals surface area contributed by atoms with Crippen molar-refractivity contribution >= 4 is 17.6 Å². The lowest BCUT2D eigenvalue weighted by molar-refractivity contribution is -0.139. The van der Waals surface area contributed by atoms with E-state index in [0.717, 1.165) is 11.3 Å². The number of carbonyl (C=O) groups is 2. The molecule has 1 aliphatic carbocycles. The fraction of sp³-hybridized carbons (Fsp3) is 0.467. The molecular weight excluding hydrogens is 256 g/mol. The molecular formula is C15H18N2O3. The number of carbonyl (C=O) groups excluding carboxylic acids is 1. The van der Waals surface area contributed by atoms with Crippen molar-refractivity contribution in [3.63, 3.8) is 0 Å². The molecule has 2 N–H and O–H groups in total. The number of para-hydroxylation sites is 1. The molecule has 5 nitrogen and oxygen atoms in total. The number of benzene rings is 1. The Hall–Kier alpha value is -1.88. The van der Waals surface area contributed by atoms with E-state index in [1.54, 1.807) is 0 Å². The van der Waals surface area contributed by atoms with E-state index >= 15 is 0 Å². The first-order valence-electron chi connectivity index (χ1n) is 7.03. The monoisotopic (exact) mass is 274 g/mol. The largest absolute Gasteiger partial charge is 0.480 e. The molecule has 1 atom stereocenters. The van der Waals surface area contributed by atoms with Gasteiger partial charge in [0.25, 0.3) is 0 Å². The van der Waals surface area contributed by atoms with Gasteiger partial charge in [0.2, 0.25) is 5.91 Å². The molecule has 3 rings (SSSR count). The van der Waals surface area contributed by atoms with Crippen LogP contribution in [0.25, 0.3) is 0 Å². The first-order chi connectivity index (χ1) is 9.66. The van der Waals surface area contributed by atoms with Crippen LogP contribution in [-0.2, 0) is 16.0 Å². The van der Waals surface area contributed by atoms with Crippen LogP contribution in [0.1, 0.15) is 24.8 Å². The molecule has 1 heterocycles. The summed E-state index contributed by atoms with van der Waals surface area (Å²) in [6.45, 7) is 0.620. The van der Waals surface area contributed by atoms with Crippen molar-refractivity contribution in [2.75, 3.05) is 11.4 Å². The molecule has 0 aromatic heterocycles. The third kappa shape index (κ3) is 2.54. The van der Waals surface area contributed by atoms with Crippen molar-refractivity contribution in [3.05, 3.63) is 29.8 Å². The predicted octanol–water partition coefficient (Wildman–Crippen LogP) is 1.17. The van der Waals surface area contributed by atoms with Gasteiger partial charge in [-0.05, 0) is 24.5 Å². The summed E-state index contributed by atoms with van der Waals surface area (Å²) in [5.74, 6) is -1.06. The predicted molar refractivity (Wildman–Crippen MR) is 74.7 cm³/mol. The van der Waals surface area contributed by atoms with Crippen LogP contribution in [0.5, 0.6) is 0 Å². The Labute approximate surface area is 117 Å². The number of carboxylic acids is 1. The average molecular weight is 274 g/mol. The lowest BCUT2D eigenvalue weighted by Gasteiger charge is -2.22. The zero-order valence-electron chi connectivity index (χ0n) is 11.2. The van der Waals surface area contributed by atoms with Crippen molar-refractivity contribution < 1.29 is 14.7 Å². The Morgan fingerprint density at radius 2 is 2.05 bits per heavy atom. The van der Waals surface area contributed by atoms with Crippen LogP contribution >= 0.6 is 0 Å². The molecule has 1 aromatic rings. The van der Waals surface area contributed by atoms with Crippen LogP contribution in [-0.4, -0.2) is 35.6 Å². The summed E-state index contributed by atoms with van der Waals surface area (Å²) in [6, 6.07) is 7.22. The summed E-state index contributed by atoms with van der Waals surface area (Å²) < 4.78 is 0. The van der Waals surface area contributed by atoms with Gasteiger partial charge < -0.3 is 10.4 Å². The molecule has 0 bridgehead atoms. The molecule has 0 saturated heterocycles. The van der Waals surface area contributed by atoms with E-state index < -0.39 is 12.0 Å². The number of nitrogens with one attached hydrogen (secondary N) is 1. The van der Waals surface area contributed by atoms with Crippen LogP contribution in [0.15, 0.2) is 24.3 Å². The first-order valence-corrected chi connectivity index (χ1v) is 7.03. The van der Waals surface area contributed by atoms with Gasteiger partial charge >= 0.3 is 5.97 Å². The molecule has 1 aliphatic heterocycles. The van der Waals surface area contributed by atoms with Crippen molar-refractivity contribution in [2.45, 2.75) is 37.8 Å². The van der Waals surface area contributed by atoms with Crippen LogP contribution in [0.3, 0.4) is 0 Å². The summed E-state index contributed by atoms with van der Waals surface area (Å²) in [5, 5.41) is 12.6. The van der Waals surface area contributed by atoms with Gasteiger partial charge in [-0.2, -0.15) is 0 Å². The number of aliphatic carboxylic acids is 1. The fourth-order valence-electron chi connectivity index (χ4n) is 2.68. The molecule has 0 radical (unpaired) electrons. The standard InChI is InChI=1S/C15H18N2O3/c18-14(7-8-16-11-5-6-11)17-12-4-2-1-3-10(12)9-13(17)15(19)20/h1-4,11,13,16H,5-9H2,(H,19,20)/t13-/m0/s1. The molecule has 106 valence electrons. The van der Waals surface area contributed by atoms with Crippen molar-refractivity contribution in [2.24, 2.45) is 0 Å². The SMILES string of the molecule is O=C(O)[C@@H]1Cc2ccccc2N1C(=O)CCNC1CC1. The van der Waals surface area contributed by atoms with Gasteiger partial charge in [-0.15, -0.1) is 0 Å². The van der Waals surface area contributed by atoms with Gasteiger partial charge in [-0.3, -0.25) is 9.69 Å². The third-order valence-corrected chi connectivity index (χ3v) is 3.88. The lowest BCUT2D eigenvalue weighted by atomic mass is 10.1. The van der Waals surface area contributed by atoms with E-state index in [2.05, 4.69) is 5.32 Å². The van der Waals surface area contributed by atoms with E-state index in [-0.39, 0.29) is 5.91 Å². The number of carboxylic acid groups (broad SMARTS) is 1. The van der Waals surface area contributed by atoms with Gasteiger partial charge in [0.05, 0.1) is 0 Å². The number of fused-ring (bicyclic) bond motifs is 1. The number of rotatable bonds is 5. The number of amides is 1. The van der Waals surface area contributed by atoms with E-state index in [1.165, 1.54) is 17.7 Å². The van der Waals surface area contributed by atoms with Gasteiger partial charge in [0, 0.05) is 31.1 Å². The molecule has 20 heavy (non-hydrogen) atoms. The number of anilines is 1. The zero-order valence-corrected chi connectivity index (χ0v) is 11.2. The first kappa shape index (κ1) is 13.1. The highest BCUT2D eigenvalue weighted by molar-refractivity contribution is 6.01. The smallest absolute Gasteiger partial charge is 0.327 e. The van der Waals surface area contributed by atoms with Gasteiger partial charge in [-0.25, -0.2) is 4.79 Å². The Morgan fingerprint density at radius 1 is 1.30 bits per heavy atom. The maximum atomic E-state index is 12.3. The maximum Gasteiger partial charge on any atom is 0.327 e. The van der Waals surface area contributed by atoms with Crippen LogP contribution in [0.4, 0.5) is 5.69 Å². The summed E-state index contributed by atoms with van der Waals surface area (Å²) in [7, 11) is 0. The summed E-state index contributed by atoms with van der Waals surface area (Å²) in [5.41, 5.74) is 1.68. The molecule has 2 aliphatic rings. The van der Waals surface area contributed by atoms with E-state index in [4.69, 9.17) is 0 Å². The summed E-state index contributed by atoms with van der Waals surface area (Å²) in [4.78, 5) is 25.2. The molecule has 1 fully saturated rings. The number of hydrogen-bond donors (Lipinski definition) is 2. The number of nitrogens with zero attached hydrogens (tertiary/aromatic N) is 1. The maximum absolute atomic E-state index is 12.3. The molecule has 1 aromatic carbocycles. The average Bonchev–Trinajstić information content (AvgIpc) is 3.16. The molecule has 1 amide bonds. The Kier molecular flexibility index (Phi) is 3.44. The van der Waals surface area contributed by atoms with E-state index in [0.29, 0.717) is 25.4 Å². The molecule has 1 saturated carbocycles. The summed E-state index contributed by atoms with van der Waals surface area (Å²) in [6.07, 6.45) is 3.10. The minimum Gasteiger partial charge on any atom is -0.480 e. The van der Waals surface area contributed by atoms with E-state index in [9.17, 15) is 14.7 Å². The van der Waals surface area contributed by atoms with Gasteiger partial charge in [-0.1, -0.05) is 18.2 Å². The summed E-state index contributed by atoms with van der Waals surface area (Å²) >= 11 is 0. The minimum atomic E-state index is -0.940. The van der Waals surface area contributed by atoms with Crippen molar-refractivity contribution in [1.82, 2.24) is 5.32 Å². The van der Waals surface area contributed by atoms with Crippen LogP contribution in [0.2, 0.25) is 0 Å². The Bertz CT molecular complexity index is 540. The Balaban J connectivity index is 1.73. The van der Waals surface area contributed by atoms with Gasteiger partial charge in [0.15, 0.2) is 0 Å². The molecule has 0 unspecified atom stereocenters. The second-order valence-electron chi connectivity index (χ2n) is 5.43. The fourth-order valence-corrected chi connectivity index (χ4v) is 2.68. The van der Waals surface area contributed by atoms with E-state index in [1.807, 2.05) is 24.3 Å². The van der Waals surface area contributed by atoms with Crippen LogP contribution in [0, 0.1) is 0 Å². The van der Waals surface area contributed by atoms with Crippen LogP contribution < -0.4 is 10.2 Å². The lowest BCUT2D eigenvalue weighted by Crippen LogP contribution is -2.43. The highest BCUT2D eigenvalue weighted by Crippen LogP contribution is 2.32. The molecule has 5 heteroatoms. The van der Waals surface area contributed by atoms with Crippen molar-refractivity contribution in [1.29, 1.82) is 0 Å². The highest BCUT2D eigenvalue weighted by atomic mass is 16.4. The third-order valence-electron chi connectivity index (χ3n) is 3.88. The van der Waals surface area contributed by atoms with Crippen molar-refractivity contribution in [3.8, 4) is 0 Å². The Morgan fingerprint density at radius 3 is 2.75 bits per heavy atom. The zero-order chi connectivity index (χ0) is 14.1. The topological polar surface area (TPSA) is 69.6 Å². The normalized spacial score (nSPS) is 20.8. The number of hydrogen-bond acceptors (Lipinski definition) is 3. The van der Waals surface area contributed by atoms with Gasteiger partial charge in [0.1, 0.15) is 6.04 Å². The minimum absolute atomic E-state index is 0.115.